The minimum absolute atomic E-state index is 0.0764. The Labute approximate surface area is 62.8 Å². The lowest BCUT2D eigenvalue weighted by atomic mass is 10.6. The predicted octanol–water partition coefficient (Wildman–Crippen LogP) is -0.661. The Morgan fingerprint density at radius 1 is 1.70 bits per heavy atom. The van der Waals surface area contributed by atoms with Crippen molar-refractivity contribution in [1.29, 1.82) is 0 Å². The monoisotopic (exact) mass is 160 g/mol. The second-order valence-corrected chi connectivity index (χ2v) is 2.35. The Kier molecular flexibility index (Phi) is 1.62. The summed E-state index contributed by atoms with van der Waals surface area (Å²) in [6.45, 7) is 1.56. The zero-order valence-electron chi connectivity index (χ0n) is 5.33. The molecular formula is C4H6N3O2S+. The van der Waals surface area contributed by atoms with Crippen molar-refractivity contribution in [3.63, 3.8) is 0 Å². The number of hydrogen-bond acceptors (Lipinski definition) is 3. The molecule has 54 valence electrons. The molecule has 1 aliphatic rings. The molecule has 1 aliphatic heterocycles. The van der Waals surface area contributed by atoms with E-state index in [-0.39, 0.29) is 11.4 Å². The van der Waals surface area contributed by atoms with Crippen LogP contribution in [0, 0.1) is 4.91 Å². The van der Waals surface area contributed by atoms with Gasteiger partial charge in [-0.15, -0.1) is 0 Å². The smallest absolute Gasteiger partial charge is 0.540 e. The van der Waals surface area contributed by atoms with Crippen molar-refractivity contribution in [1.82, 2.24) is 5.32 Å². The third-order valence-electron chi connectivity index (χ3n) is 1.15. The molecule has 0 aromatic heterocycles. The average molecular weight is 160 g/mol. The van der Waals surface area contributed by atoms with Crippen LogP contribution in [0.2, 0.25) is 0 Å². The zero-order valence-corrected chi connectivity index (χ0v) is 6.14. The van der Waals surface area contributed by atoms with Gasteiger partial charge in [-0.2, -0.15) is 10.1 Å². The van der Waals surface area contributed by atoms with E-state index in [1.807, 2.05) is 0 Å². The summed E-state index contributed by atoms with van der Waals surface area (Å²) in [5, 5.41) is 2.29. The number of amidine groups is 1. The number of carbonyl (C=O) groups is 1. The van der Waals surface area contributed by atoms with E-state index in [2.05, 4.69) is 18.1 Å². The number of carbonyl (C=O) groups excluding carboxylic acids is 1. The fourth-order valence-electron chi connectivity index (χ4n) is 0.566. The molecule has 0 saturated carbocycles. The highest BCUT2D eigenvalue weighted by atomic mass is 32.1. The van der Waals surface area contributed by atoms with E-state index in [1.165, 1.54) is 3.98 Å². The van der Waals surface area contributed by atoms with Crippen LogP contribution in [0.3, 0.4) is 0 Å². The number of amides is 2. The van der Waals surface area contributed by atoms with Crippen LogP contribution in [0.15, 0.2) is 0 Å². The summed E-state index contributed by atoms with van der Waals surface area (Å²) in [7, 11) is 0. The van der Waals surface area contributed by atoms with E-state index < -0.39 is 6.03 Å². The van der Waals surface area contributed by atoms with Crippen molar-refractivity contribution in [3.8, 4) is 0 Å². The molecular weight excluding hydrogens is 154 g/mol. The highest BCUT2D eigenvalue weighted by Crippen LogP contribution is 1.87. The SMILES string of the molecule is CC1=[N+]([S-])C[N+](=O)C(=O)N1. The van der Waals surface area contributed by atoms with E-state index in [4.69, 9.17) is 0 Å². The van der Waals surface area contributed by atoms with Gasteiger partial charge >= 0.3 is 6.03 Å². The summed E-state index contributed by atoms with van der Waals surface area (Å²) in [5.41, 5.74) is 0. The van der Waals surface area contributed by atoms with Crippen LogP contribution in [-0.2, 0) is 12.8 Å². The topological polar surface area (TPSA) is 52.2 Å². The molecule has 0 bridgehead atoms. The number of nitrogens with zero attached hydrogens (tertiary/aromatic N) is 2. The maximum Gasteiger partial charge on any atom is 0.540 e. The Balaban J connectivity index is 2.89. The molecule has 5 nitrogen and oxygen atoms in total. The Morgan fingerprint density at radius 2 is 2.30 bits per heavy atom. The predicted molar refractivity (Wildman–Crippen MR) is 35.3 cm³/mol. The Bertz CT molecular complexity index is 211. The van der Waals surface area contributed by atoms with Crippen molar-refractivity contribution in [2.45, 2.75) is 6.92 Å². The van der Waals surface area contributed by atoms with Crippen LogP contribution in [0.25, 0.3) is 0 Å². The molecule has 0 radical (unpaired) electrons. The standard InChI is InChI=1S/C4H5N3O2S/c1-3-5-4(8)6(9)2-7(3)10/h2H2,1H3/p+1. The molecule has 0 saturated heterocycles. The molecule has 0 aromatic carbocycles. The number of hydrogen-bond donors (Lipinski definition) is 1. The van der Waals surface area contributed by atoms with Gasteiger partial charge in [-0.1, -0.05) is 4.91 Å². The summed E-state index contributed by atoms with van der Waals surface area (Å²) >= 11 is 4.68. The van der Waals surface area contributed by atoms with Crippen molar-refractivity contribution in [2.75, 3.05) is 6.67 Å². The molecule has 6 heteroatoms. The number of nitrogens with one attached hydrogen (secondary N) is 1. The maximum absolute atomic E-state index is 10.6. The zero-order chi connectivity index (χ0) is 7.72. The first-order valence-electron chi connectivity index (χ1n) is 2.65. The van der Waals surface area contributed by atoms with Crippen LogP contribution >= 0.6 is 0 Å². The molecule has 10 heavy (non-hydrogen) atoms. The first-order chi connectivity index (χ1) is 4.61. The molecule has 0 aliphatic carbocycles. The van der Waals surface area contributed by atoms with Gasteiger partial charge < -0.3 is 16.8 Å². The maximum atomic E-state index is 10.6. The van der Waals surface area contributed by atoms with Crippen molar-refractivity contribution in [3.05, 3.63) is 4.91 Å². The van der Waals surface area contributed by atoms with E-state index in [1.54, 1.807) is 6.92 Å². The van der Waals surface area contributed by atoms with Gasteiger partial charge in [0, 0.05) is 6.92 Å². The number of rotatable bonds is 0. The molecule has 0 aromatic rings. The first kappa shape index (κ1) is 7.07. The fraction of sp³-hybridized carbons (Fsp3) is 0.500. The average Bonchev–Trinajstić information content (AvgIpc) is 1.84. The third-order valence-corrected chi connectivity index (χ3v) is 1.53. The highest BCUT2D eigenvalue weighted by Gasteiger charge is 2.27. The lowest BCUT2D eigenvalue weighted by Crippen LogP contribution is -2.47. The molecule has 0 atom stereocenters. The van der Waals surface area contributed by atoms with E-state index in [0.717, 1.165) is 0 Å². The van der Waals surface area contributed by atoms with Crippen LogP contribution in [-0.4, -0.2) is 27.3 Å². The van der Waals surface area contributed by atoms with Gasteiger partial charge in [-0.3, -0.25) is 0 Å². The van der Waals surface area contributed by atoms with Gasteiger partial charge in [0.25, 0.3) is 6.67 Å². The summed E-state index contributed by atoms with van der Waals surface area (Å²) < 4.78 is 1.51. The molecule has 0 fully saturated rings. The van der Waals surface area contributed by atoms with Crippen molar-refractivity contribution in [2.24, 2.45) is 0 Å². The molecule has 0 spiro atoms. The quantitative estimate of drug-likeness (QED) is 0.378. The van der Waals surface area contributed by atoms with Gasteiger partial charge in [-0.05, 0) is 0 Å². The fourth-order valence-corrected chi connectivity index (χ4v) is 0.717. The molecule has 1 N–H and O–H groups in total. The lowest BCUT2D eigenvalue weighted by molar-refractivity contribution is -0.627. The first-order valence-corrected chi connectivity index (χ1v) is 3.01. The van der Waals surface area contributed by atoms with E-state index in [0.29, 0.717) is 5.84 Å². The van der Waals surface area contributed by atoms with Crippen molar-refractivity contribution >= 4 is 24.7 Å². The van der Waals surface area contributed by atoms with E-state index in [9.17, 15) is 9.70 Å². The second kappa shape index (κ2) is 2.30. The van der Waals surface area contributed by atoms with Gasteiger partial charge in [0.05, 0.1) is 4.76 Å². The van der Waals surface area contributed by atoms with Gasteiger partial charge in [0.1, 0.15) is 0 Å². The molecule has 1 heterocycles. The van der Waals surface area contributed by atoms with Crippen LogP contribution in [0.5, 0.6) is 0 Å². The summed E-state index contributed by atoms with van der Waals surface area (Å²) in [5.74, 6) is 0.520. The normalized spacial score (nSPS) is 19.3. The summed E-state index contributed by atoms with van der Waals surface area (Å²) in [6, 6.07) is -0.654. The second-order valence-electron chi connectivity index (χ2n) is 1.91. The Hall–Kier alpha value is -1.04. The number of urea groups is 1. The van der Waals surface area contributed by atoms with Gasteiger partial charge in [0.15, 0.2) is 0 Å². The molecule has 1 rings (SSSR count). The van der Waals surface area contributed by atoms with Gasteiger partial charge in [0.2, 0.25) is 5.84 Å². The van der Waals surface area contributed by atoms with Crippen molar-refractivity contribution < 1.29 is 13.5 Å². The third kappa shape index (κ3) is 1.10. The van der Waals surface area contributed by atoms with Crippen LogP contribution in [0.4, 0.5) is 4.79 Å². The minimum Gasteiger partial charge on any atom is -0.557 e. The largest absolute Gasteiger partial charge is 0.557 e. The number of nitroso groups, excluding NO2 is 1. The van der Waals surface area contributed by atoms with Crippen LogP contribution < -0.4 is 5.32 Å². The summed E-state index contributed by atoms with van der Waals surface area (Å²) in [6.07, 6.45) is 0. The molecule has 2 amide bonds. The minimum atomic E-state index is -0.654. The van der Waals surface area contributed by atoms with Gasteiger partial charge in [-0.25, -0.2) is 0 Å². The Morgan fingerprint density at radius 3 is 2.80 bits per heavy atom. The highest BCUT2D eigenvalue weighted by molar-refractivity contribution is 7.51. The lowest BCUT2D eigenvalue weighted by Gasteiger charge is -2.13. The van der Waals surface area contributed by atoms with E-state index >= 15 is 0 Å². The van der Waals surface area contributed by atoms with Crippen LogP contribution in [0.1, 0.15) is 6.92 Å². The molecule has 0 unspecified atom stereocenters. The summed E-state index contributed by atoms with van der Waals surface area (Å²) in [4.78, 5) is 21.1.